The highest BCUT2D eigenvalue weighted by atomic mass is 79.9. The number of halogens is 3. The molecule has 0 saturated carbocycles. The SMILES string of the molecule is Nc1cc(Cl)c(F)cc1NCc1ccc(Br)cc1. The molecule has 2 rings (SSSR count). The summed E-state index contributed by atoms with van der Waals surface area (Å²) in [5.74, 6) is -0.482. The van der Waals surface area contributed by atoms with Gasteiger partial charge in [0.1, 0.15) is 5.82 Å². The van der Waals surface area contributed by atoms with Gasteiger partial charge in [0.15, 0.2) is 0 Å². The quantitative estimate of drug-likeness (QED) is 0.817. The molecule has 2 aromatic carbocycles. The second-order valence-electron chi connectivity index (χ2n) is 3.83. The molecule has 0 heterocycles. The number of nitrogens with two attached hydrogens (primary N) is 1. The van der Waals surface area contributed by atoms with Crippen molar-refractivity contribution in [1.29, 1.82) is 0 Å². The first kappa shape index (κ1) is 13.2. The predicted octanol–water partition coefficient (Wildman–Crippen LogP) is 4.44. The molecule has 5 heteroatoms. The summed E-state index contributed by atoms with van der Waals surface area (Å²) in [7, 11) is 0. The van der Waals surface area contributed by atoms with Gasteiger partial charge in [0.2, 0.25) is 0 Å². The van der Waals surface area contributed by atoms with Crippen LogP contribution in [0.1, 0.15) is 5.56 Å². The van der Waals surface area contributed by atoms with Crippen molar-refractivity contribution in [3.8, 4) is 0 Å². The Bertz CT molecular complexity index is 558. The van der Waals surface area contributed by atoms with E-state index < -0.39 is 5.82 Å². The summed E-state index contributed by atoms with van der Waals surface area (Å²) in [5, 5.41) is 3.11. The molecular weight excluding hydrogens is 319 g/mol. The summed E-state index contributed by atoms with van der Waals surface area (Å²) < 4.78 is 14.3. The number of rotatable bonds is 3. The first-order valence-electron chi connectivity index (χ1n) is 5.29. The third-order valence-electron chi connectivity index (χ3n) is 2.49. The third-order valence-corrected chi connectivity index (χ3v) is 3.31. The van der Waals surface area contributed by atoms with Crippen LogP contribution < -0.4 is 11.1 Å². The number of benzene rings is 2. The lowest BCUT2D eigenvalue weighted by Crippen LogP contribution is -2.03. The number of hydrogen-bond donors (Lipinski definition) is 2. The molecule has 0 saturated heterocycles. The van der Waals surface area contributed by atoms with E-state index in [4.69, 9.17) is 17.3 Å². The molecule has 18 heavy (non-hydrogen) atoms. The van der Waals surface area contributed by atoms with Crippen molar-refractivity contribution < 1.29 is 4.39 Å². The first-order chi connectivity index (χ1) is 8.56. The van der Waals surface area contributed by atoms with E-state index in [1.807, 2.05) is 24.3 Å². The second kappa shape index (κ2) is 5.59. The van der Waals surface area contributed by atoms with Crippen LogP contribution in [0.15, 0.2) is 40.9 Å². The van der Waals surface area contributed by atoms with E-state index >= 15 is 0 Å². The topological polar surface area (TPSA) is 38.0 Å². The Kier molecular flexibility index (Phi) is 4.09. The molecule has 0 bridgehead atoms. The van der Waals surface area contributed by atoms with Gasteiger partial charge in [-0.25, -0.2) is 4.39 Å². The summed E-state index contributed by atoms with van der Waals surface area (Å²) in [5.41, 5.74) is 7.80. The van der Waals surface area contributed by atoms with Crippen LogP contribution in [0.5, 0.6) is 0 Å². The molecule has 0 aliphatic heterocycles. The zero-order chi connectivity index (χ0) is 13.1. The number of nitrogen functional groups attached to an aromatic ring is 1. The van der Waals surface area contributed by atoms with E-state index in [0.717, 1.165) is 10.0 Å². The Morgan fingerprint density at radius 2 is 1.89 bits per heavy atom. The van der Waals surface area contributed by atoms with Gasteiger partial charge in [0, 0.05) is 17.1 Å². The largest absolute Gasteiger partial charge is 0.397 e. The van der Waals surface area contributed by atoms with Crippen molar-refractivity contribution in [3.05, 3.63) is 57.3 Å². The zero-order valence-corrected chi connectivity index (χ0v) is 11.7. The van der Waals surface area contributed by atoms with Crippen molar-refractivity contribution in [2.45, 2.75) is 6.54 Å². The Morgan fingerprint density at radius 1 is 1.22 bits per heavy atom. The number of hydrogen-bond acceptors (Lipinski definition) is 2. The molecule has 0 aromatic heterocycles. The number of nitrogens with one attached hydrogen (secondary N) is 1. The summed E-state index contributed by atoms with van der Waals surface area (Å²) >= 11 is 9.00. The molecule has 94 valence electrons. The van der Waals surface area contributed by atoms with E-state index in [1.54, 1.807) is 0 Å². The van der Waals surface area contributed by atoms with Gasteiger partial charge >= 0.3 is 0 Å². The lowest BCUT2D eigenvalue weighted by atomic mass is 10.2. The van der Waals surface area contributed by atoms with E-state index in [0.29, 0.717) is 17.9 Å². The summed E-state index contributed by atoms with van der Waals surface area (Å²) in [6.45, 7) is 0.568. The Labute approximate surface area is 118 Å². The number of anilines is 2. The fourth-order valence-electron chi connectivity index (χ4n) is 1.51. The van der Waals surface area contributed by atoms with Crippen LogP contribution in [0.3, 0.4) is 0 Å². The molecule has 2 nitrogen and oxygen atoms in total. The predicted molar refractivity (Wildman–Crippen MR) is 77.3 cm³/mol. The van der Waals surface area contributed by atoms with Gasteiger partial charge in [-0.1, -0.05) is 39.7 Å². The molecule has 0 unspecified atom stereocenters. The first-order valence-corrected chi connectivity index (χ1v) is 6.46. The van der Waals surface area contributed by atoms with Crippen molar-refractivity contribution in [2.75, 3.05) is 11.1 Å². The average molecular weight is 330 g/mol. The smallest absolute Gasteiger partial charge is 0.143 e. The highest BCUT2D eigenvalue weighted by Crippen LogP contribution is 2.26. The summed E-state index contributed by atoms with van der Waals surface area (Å²) in [4.78, 5) is 0. The monoisotopic (exact) mass is 328 g/mol. The summed E-state index contributed by atoms with van der Waals surface area (Å²) in [6, 6.07) is 10.5. The van der Waals surface area contributed by atoms with Crippen molar-refractivity contribution in [2.24, 2.45) is 0 Å². The zero-order valence-electron chi connectivity index (χ0n) is 9.38. The van der Waals surface area contributed by atoms with E-state index in [9.17, 15) is 4.39 Å². The Morgan fingerprint density at radius 3 is 2.56 bits per heavy atom. The van der Waals surface area contributed by atoms with Crippen LogP contribution in [0.25, 0.3) is 0 Å². The van der Waals surface area contributed by atoms with Gasteiger partial charge in [-0.2, -0.15) is 0 Å². The van der Waals surface area contributed by atoms with E-state index in [2.05, 4.69) is 21.2 Å². The van der Waals surface area contributed by atoms with Crippen LogP contribution >= 0.6 is 27.5 Å². The molecule has 0 aliphatic rings. The highest BCUT2D eigenvalue weighted by Gasteiger charge is 2.05. The molecule has 0 radical (unpaired) electrons. The Balaban J connectivity index is 2.10. The molecule has 0 fully saturated rings. The minimum absolute atomic E-state index is 0.0293. The molecular formula is C13H11BrClFN2. The molecule has 2 aromatic rings. The van der Waals surface area contributed by atoms with Crippen LogP contribution in [-0.4, -0.2) is 0 Å². The maximum Gasteiger partial charge on any atom is 0.143 e. The molecule has 3 N–H and O–H groups in total. The second-order valence-corrected chi connectivity index (χ2v) is 5.16. The molecule has 0 atom stereocenters. The third kappa shape index (κ3) is 3.15. The lowest BCUT2D eigenvalue weighted by Gasteiger charge is -2.10. The lowest BCUT2D eigenvalue weighted by molar-refractivity contribution is 0.629. The minimum Gasteiger partial charge on any atom is -0.397 e. The highest BCUT2D eigenvalue weighted by molar-refractivity contribution is 9.10. The Hall–Kier alpha value is -1.26. The van der Waals surface area contributed by atoms with Crippen molar-refractivity contribution in [1.82, 2.24) is 0 Å². The molecule has 0 spiro atoms. The van der Waals surface area contributed by atoms with Gasteiger partial charge in [0.25, 0.3) is 0 Å². The van der Waals surface area contributed by atoms with Crippen molar-refractivity contribution in [3.63, 3.8) is 0 Å². The van der Waals surface area contributed by atoms with E-state index in [-0.39, 0.29) is 5.02 Å². The van der Waals surface area contributed by atoms with Crippen LogP contribution in [0.2, 0.25) is 5.02 Å². The van der Waals surface area contributed by atoms with Gasteiger partial charge in [-0.15, -0.1) is 0 Å². The van der Waals surface area contributed by atoms with Crippen LogP contribution in [0.4, 0.5) is 15.8 Å². The van der Waals surface area contributed by atoms with Gasteiger partial charge in [0.05, 0.1) is 16.4 Å². The average Bonchev–Trinajstić information content (AvgIpc) is 2.34. The summed E-state index contributed by atoms with van der Waals surface area (Å²) in [6.07, 6.45) is 0. The van der Waals surface area contributed by atoms with Gasteiger partial charge in [-0.3, -0.25) is 0 Å². The van der Waals surface area contributed by atoms with Crippen molar-refractivity contribution >= 4 is 38.9 Å². The fraction of sp³-hybridized carbons (Fsp3) is 0.0769. The normalized spacial score (nSPS) is 10.4. The fourth-order valence-corrected chi connectivity index (χ4v) is 1.95. The maximum absolute atomic E-state index is 13.3. The van der Waals surface area contributed by atoms with Gasteiger partial charge in [-0.05, 0) is 23.8 Å². The van der Waals surface area contributed by atoms with Gasteiger partial charge < -0.3 is 11.1 Å². The van der Waals surface area contributed by atoms with Crippen LogP contribution in [0, 0.1) is 5.82 Å². The minimum atomic E-state index is -0.482. The molecule has 0 amide bonds. The molecule has 0 aliphatic carbocycles. The van der Waals surface area contributed by atoms with Crippen LogP contribution in [-0.2, 0) is 6.54 Å². The van der Waals surface area contributed by atoms with E-state index in [1.165, 1.54) is 12.1 Å². The standard InChI is InChI=1S/C13H11BrClFN2/c14-9-3-1-8(2-4-9)7-18-13-6-11(16)10(15)5-12(13)17/h1-6,18H,7,17H2. The maximum atomic E-state index is 13.3.